The van der Waals surface area contributed by atoms with Crippen molar-refractivity contribution in [3.8, 4) is 0 Å². The Kier molecular flexibility index (Phi) is 7.47. The van der Waals surface area contributed by atoms with Gasteiger partial charge in [-0.3, -0.25) is 4.99 Å². The average molecular weight is 432 g/mol. The molecule has 0 atom stereocenters. The van der Waals surface area contributed by atoms with Crippen LogP contribution in [-0.2, 0) is 13.1 Å². The molecule has 1 heterocycles. The maximum atomic E-state index is 12.9. The summed E-state index contributed by atoms with van der Waals surface area (Å²) in [6, 6.07) is 6.44. The van der Waals surface area contributed by atoms with Crippen molar-refractivity contribution in [2.75, 3.05) is 14.1 Å². The van der Waals surface area contributed by atoms with Gasteiger partial charge in [0.1, 0.15) is 11.6 Å². The summed E-state index contributed by atoms with van der Waals surface area (Å²) >= 11 is 0. The van der Waals surface area contributed by atoms with Crippen LogP contribution in [0, 0.1) is 19.7 Å². The molecule has 1 aromatic heterocycles. The number of aliphatic imine (C=N–C) groups is 1. The first-order valence-corrected chi connectivity index (χ1v) is 7.08. The first kappa shape index (κ1) is 19.4. The van der Waals surface area contributed by atoms with E-state index in [0.717, 1.165) is 23.0 Å². The lowest BCUT2D eigenvalue weighted by atomic mass is 10.2. The van der Waals surface area contributed by atoms with Crippen molar-refractivity contribution < 1.29 is 8.81 Å². The average Bonchev–Trinajstić information content (AvgIpc) is 2.81. The van der Waals surface area contributed by atoms with Crippen LogP contribution in [0.3, 0.4) is 0 Å². The molecule has 0 saturated heterocycles. The standard InChI is InChI=1S/C16H21FN4O.HI/c1-11-12(2)22-15(20-11)9-19-16(18-3)21(4)10-13-5-7-14(17)8-6-13;/h5-8H,9-10H2,1-4H3,(H,18,19);1H. The van der Waals surface area contributed by atoms with Crippen molar-refractivity contribution >= 4 is 29.9 Å². The molecule has 0 aliphatic carbocycles. The van der Waals surface area contributed by atoms with E-state index in [0.29, 0.717) is 19.0 Å². The van der Waals surface area contributed by atoms with Crippen molar-refractivity contribution in [2.24, 2.45) is 4.99 Å². The number of rotatable bonds is 4. The predicted octanol–water partition coefficient (Wildman–Crippen LogP) is 3.26. The molecular formula is C16H22FIN4O. The summed E-state index contributed by atoms with van der Waals surface area (Å²) in [6.45, 7) is 4.90. The molecule has 2 rings (SSSR count). The van der Waals surface area contributed by atoms with Gasteiger partial charge < -0.3 is 14.6 Å². The Labute approximate surface area is 153 Å². The van der Waals surface area contributed by atoms with Gasteiger partial charge in [-0.1, -0.05) is 12.1 Å². The zero-order valence-electron chi connectivity index (χ0n) is 13.8. The molecule has 0 unspecified atom stereocenters. The molecule has 1 aromatic carbocycles. The van der Waals surface area contributed by atoms with Gasteiger partial charge in [-0.15, -0.1) is 24.0 Å². The zero-order chi connectivity index (χ0) is 16.1. The minimum atomic E-state index is -0.233. The fourth-order valence-electron chi connectivity index (χ4n) is 2.09. The first-order chi connectivity index (χ1) is 10.5. The Balaban J connectivity index is 0.00000264. The highest BCUT2D eigenvalue weighted by molar-refractivity contribution is 14.0. The van der Waals surface area contributed by atoms with Gasteiger partial charge in [-0.05, 0) is 31.5 Å². The summed E-state index contributed by atoms with van der Waals surface area (Å²) in [7, 11) is 3.64. The predicted molar refractivity (Wildman–Crippen MR) is 99.5 cm³/mol. The van der Waals surface area contributed by atoms with Gasteiger partial charge in [0.25, 0.3) is 0 Å². The molecule has 0 aliphatic heterocycles. The Morgan fingerprint density at radius 1 is 1.30 bits per heavy atom. The molecule has 1 N–H and O–H groups in total. The maximum Gasteiger partial charge on any atom is 0.214 e. The number of aryl methyl sites for hydroxylation is 2. The molecule has 0 fully saturated rings. The maximum absolute atomic E-state index is 12.9. The zero-order valence-corrected chi connectivity index (χ0v) is 16.1. The molecule has 0 amide bonds. The summed E-state index contributed by atoms with van der Waals surface area (Å²) in [5.74, 6) is 1.94. The van der Waals surface area contributed by atoms with E-state index >= 15 is 0 Å². The number of hydrogen-bond acceptors (Lipinski definition) is 3. The number of oxazole rings is 1. The van der Waals surface area contributed by atoms with E-state index in [1.165, 1.54) is 12.1 Å². The van der Waals surface area contributed by atoms with Crippen LogP contribution in [0.15, 0.2) is 33.7 Å². The number of benzene rings is 1. The molecule has 0 spiro atoms. The van der Waals surface area contributed by atoms with E-state index < -0.39 is 0 Å². The number of nitrogens with one attached hydrogen (secondary N) is 1. The smallest absolute Gasteiger partial charge is 0.214 e. The highest BCUT2D eigenvalue weighted by atomic mass is 127. The summed E-state index contributed by atoms with van der Waals surface area (Å²) < 4.78 is 18.5. The van der Waals surface area contributed by atoms with Crippen molar-refractivity contribution in [1.29, 1.82) is 0 Å². The Morgan fingerprint density at radius 2 is 1.96 bits per heavy atom. The van der Waals surface area contributed by atoms with Crippen molar-refractivity contribution in [1.82, 2.24) is 15.2 Å². The van der Waals surface area contributed by atoms with Gasteiger partial charge in [0.2, 0.25) is 5.89 Å². The van der Waals surface area contributed by atoms with Crippen molar-refractivity contribution in [2.45, 2.75) is 26.9 Å². The molecule has 7 heteroatoms. The lowest BCUT2D eigenvalue weighted by molar-refractivity contribution is 0.442. The van der Waals surface area contributed by atoms with Crippen LogP contribution in [-0.4, -0.2) is 29.9 Å². The number of guanidine groups is 1. The van der Waals surface area contributed by atoms with E-state index in [4.69, 9.17) is 4.42 Å². The minimum absolute atomic E-state index is 0. The van der Waals surface area contributed by atoms with Crippen LogP contribution < -0.4 is 5.32 Å². The minimum Gasteiger partial charge on any atom is -0.444 e. The summed E-state index contributed by atoms with van der Waals surface area (Å²) in [5, 5.41) is 3.20. The molecular weight excluding hydrogens is 410 g/mol. The first-order valence-electron chi connectivity index (χ1n) is 7.08. The van der Waals surface area contributed by atoms with Crippen molar-refractivity contribution in [3.05, 3.63) is 53.0 Å². The van der Waals surface area contributed by atoms with Crippen LogP contribution in [0.25, 0.3) is 0 Å². The van der Waals surface area contributed by atoms with Crippen LogP contribution >= 0.6 is 24.0 Å². The largest absolute Gasteiger partial charge is 0.444 e. The van der Waals surface area contributed by atoms with E-state index in [9.17, 15) is 4.39 Å². The second kappa shape index (κ2) is 8.85. The molecule has 23 heavy (non-hydrogen) atoms. The van der Waals surface area contributed by atoms with E-state index in [2.05, 4.69) is 15.3 Å². The number of hydrogen-bond donors (Lipinski definition) is 1. The summed E-state index contributed by atoms with van der Waals surface area (Å²) in [6.07, 6.45) is 0. The SMILES string of the molecule is CN=C(NCc1nc(C)c(C)o1)N(C)Cc1ccc(F)cc1.I. The lowest BCUT2D eigenvalue weighted by Crippen LogP contribution is -2.38. The van der Waals surface area contributed by atoms with Gasteiger partial charge in [0.15, 0.2) is 5.96 Å². The lowest BCUT2D eigenvalue weighted by Gasteiger charge is -2.21. The van der Waals surface area contributed by atoms with E-state index in [1.807, 2.05) is 25.8 Å². The fraction of sp³-hybridized carbons (Fsp3) is 0.375. The van der Waals surface area contributed by atoms with Crippen molar-refractivity contribution in [3.63, 3.8) is 0 Å². The number of aromatic nitrogens is 1. The van der Waals surface area contributed by atoms with Gasteiger partial charge in [0.05, 0.1) is 12.2 Å². The third kappa shape index (κ3) is 5.49. The normalized spacial score (nSPS) is 11.1. The van der Waals surface area contributed by atoms with Gasteiger partial charge in [0, 0.05) is 20.6 Å². The molecule has 0 aliphatic rings. The molecule has 0 saturated carbocycles. The Morgan fingerprint density at radius 3 is 2.48 bits per heavy atom. The molecule has 5 nitrogen and oxygen atoms in total. The quantitative estimate of drug-likeness (QED) is 0.458. The molecule has 0 bridgehead atoms. The Bertz CT molecular complexity index is 635. The third-order valence-electron chi connectivity index (χ3n) is 3.38. The van der Waals surface area contributed by atoms with Crippen LogP contribution in [0.1, 0.15) is 22.9 Å². The molecule has 2 aromatic rings. The second-order valence-corrected chi connectivity index (χ2v) is 5.13. The summed E-state index contributed by atoms with van der Waals surface area (Å²) in [4.78, 5) is 10.5. The summed E-state index contributed by atoms with van der Waals surface area (Å²) in [5.41, 5.74) is 1.90. The highest BCUT2D eigenvalue weighted by Gasteiger charge is 2.10. The molecule has 0 radical (unpaired) electrons. The van der Waals surface area contributed by atoms with Gasteiger partial charge in [-0.2, -0.15) is 0 Å². The van der Waals surface area contributed by atoms with Crippen LogP contribution in [0.5, 0.6) is 0 Å². The van der Waals surface area contributed by atoms with Crippen LogP contribution in [0.4, 0.5) is 4.39 Å². The third-order valence-corrected chi connectivity index (χ3v) is 3.38. The Hall–Kier alpha value is -1.64. The highest BCUT2D eigenvalue weighted by Crippen LogP contribution is 2.09. The van der Waals surface area contributed by atoms with E-state index in [-0.39, 0.29) is 29.8 Å². The molecule has 126 valence electrons. The topological polar surface area (TPSA) is 53.7 Å². The fourth-order valence-corrected chi connectivity index (χ4v) is 2.09. The second-order valence-electron chi connectivity index (χ2n) is 5.13. The number of nitrogens with zero attached hydrogens (tertiary/aromatic N) is 3. The van der Waals surface area contributed by atoms with Gasteiger partial charge >= 0.3 is 0 Å². The van der Waals surface area contributed by atoms with Crippen LogP contribution in [0.2, 0.25) is 0 Å². The van der Waals surface area contributed by atoms with Gasteiger partial charge in [-0.25, -0.2) is 9.37 Å². The number of halogens is 2. The van der Waals surface area contributed by atoms with E-state index in [1.54, 1.807) is 19.2 Å². The monoisotopic (exact) mass is 432 g/mol.